The van der Waals surface area contributed by atoms with Crippen molar-refractivity contribution < 1.29 is 0 Å². The Morgan fingerprint density at radius 3 is 2.00 bits per heavy atom. The van der Waals surface area contributed by atoms with Gasteiger partial charge in [0.1, 0.15) is 0 Å². The second-order valence-electron chi connectivity index (χ2n) is 4.36. The van der Waals surface area contributed by atoms with Crippen LogP contribution in [-0.4, -0.2) is 12.8 Å². The van der Waals surface area contributed by atoms with Crippen LogP contribution in [0.4, 0.5) is 0 Å². The first-order valence-corrected chi connectivity index (χ1v) is 6.40. The molecule has 92 valence electrons. The van der Waals surface area contributed by atoms with Crippen LogP contribution in [0.15, 0.2) is 59.6 Å². The number of benzene rings is 2. The van der Waals surface area contributed by atoms with Crippen molar-refractivity contribution in [3.63, 3.8) is 0 Å². The largest absolute Gasteiger partial charge is 0.297 e. The molecule has 0 N–H and O–H groups in total. The van der Waals surface area contributed by atoms with E-state index >= 15 is 0 Å². The lowest BCUT2D eigenvalue weighted by atomic mass is 9.99. The highest BCUT2D eigenvalue weighted by molar-refractivity contribution is 6.30. The van der Waals surface area contributed by atoms with E-state index in [-0.39, 0.29) is 6.04 Å². The van der Waals surface area contributed by atoms with Crippen LogP contribution in [0.2, 0.25) is 5.02 Å². The van der Waals surface area contributed by atoms with Gasteiger partial charge in [-0.3, -0.25) is 4.99 Å². The molecule has 0 heterocycles. The van der Waals surface area contributed by atoms with Gasteiger partial charge in [-0.1, -0.05) is 54.1 Å². The average molecular weight is 258 g/mol. The highest BCUT2D eigenvalue weighted by atomic mass is 35.5. The molecule has 1 nitrogen and oxygen atoms in total. The molecule has 0 aliphatic rings. The van der Waals surface area contributed by atoms with Gasteiger partial charge in [0, 0.05) is 5.02 Å². The second-order valence-corrected chi connectivity index (χ2v) is 4.79. The van der Waals surface area contributed by atoms with Crippen molar-refractivity contribution in [1.29, 1.82) is 0 Å². The summed E-state index contributed by atoms with van der Waals surface area (Å²) in [7, 11) is 0. The first-order chi connectivity index (χ1) is 8.78. The van der Waals surface area contributed by atoms with E-state index in [1.165, 1.54) is 11.1 Å². The van der Waals surface area contributed by atoms with Gasteiger partial charge in [-0.2, -0.15) is 0 Å². The van der Waals surface area contributed by atoms with Gasteiger partial charge in [0.15, 0.2) is 0 Å². The molecule has 2 rings (SSSR count). The molecule has 0 saturated heterocycles. The molecule has 0 fully saturated rings. The van der Waals surface area contributed by atoms with Crippen LogP contribution in [0.25, 0.3) is 0 Å². The van der Waals surface area contributed by atoms with Crippen LogP contribution in [0.1, 0.15) is 11.1 Å². The average Bonchev–Trinajstić information content (AvgIpc) is 2.41. The zero-order valence-electron chi connectivity index (χ0n) is 10.2. The summed E-state index contributed by atoms with van der Waals surface area (Å²) in [5.74, 6) is 0. The third kappa shape index (κ3) is 3.71. The summed E-state index contributed by atoms with van der Waals surface area (Å²) in [4.78, 5) is 4.22. The monoisotopic (exact) mass is 257 g/mol. The summed E-state index contributed by atoms with van der Waals surface area (Å²) >= 11 is 5.88. The van der Waals surface area contributed by atoms with Gasteiger partial charge in [-0.15, -0.1) is 0 Å². The van der Waals surface area contributed by atoms with Crippen molar-refractivity contribution in [3.05, 3.63) is 70.7 Å². The molecule has 0 spiro atoms. The van der Waals surface area contributed by atoms with Crippen LogP contribution in [0.5, 0.6) is 0 Å². The van der Waals surface area contributed by atoms with E-state index in [2.05, 4.69) is 36.0 Å². The Labute approximate surface area is 113 Å². The van der Waals surface area contributed by atoms with Crippen molar-refractivity contribution in [2.75, 3.05) is 0 Å². The van der Waals surface area contributed by atoms with E-state index in [0.29, 0.717) is 0 Å². The molecule has 2 aromatic carbocycles. The highest BCUT2D eigenvalue weighted by Gasteiger charge is 2.08. The first-order valence-electron chi connectivity index (χ1n) is 6.02. The fourth-order valence-electron chi connectivity index (χ4n) is 1.98. The molecule has 1 unspecified atom stereocenters. The van der Waals surface area contributed by atoms with Crippen molar-refractivity contribution in [1.82, 2.24) is 0 Å². The Kier molecular flexibility index (Phi) is 4.54. The smallest absolute Gasteiger partial charge is 0.0573 e. The molecule has 0 aliphatic heterocycles. The van der Waals surface area contributed by atoms with Gasteiger partial charge in [0.25, 0.3) is 0 Å². The predicted molar refractivity (Wildman–Crippen MR) is 78.6 cm³/mol. The standard InChI is InChI=1S/C16H16ClN/c1-18-16(11-13-5-3-2-4-6-13)12-14-7-9-15(17)10-8-14/h2-10,16H,1,11-12H2. The molecular weight excluding hydrogens is 242 g/mol. The van der Waals surface area contributed by atoms with Gasteiger partial charge in [0.2, 0.25) is 0 Å². The second kappa shape index (κ2) is 6.36. The third-order valence-electron chi connectivity index (χ3n) is 2.96. The molecule has 2 heteroatoms. The minimum Gasteiger partial charge on any atom is -0.297 e. The Morgan fingerprint density at radius 1 is 0.889 bits per heavy atom. The number of hydrogen-bond acceptors (Lipinski definition) is 1. The van der Waals surface area contributed by atoms with E-state index in [9.17, 15) is 0 Å². The van der Waals surface area contributed by atoms with Crippen LogP contribution in [-0.2, 0) is 12.8 Å². The number of aliphatic imine (C=N–C) groups is 1. The van der Waals surface area contributed by atoms with Crippen molar-refractivity contribution in [2.45, 2.75) is 18.9 Å². The molecule has 18 heavy (non-hydrogen) atoms. The van der Waals surface area contributed by atoms with Crippen molar-refractivity contribution in [3.8, 4) is 0 Å². The van der Waals surface area contributed by atoms with E-state index < -0.39 is 0 Å². The highest BCUT2D eigenvalue weighted by Crippen LogP contribution is 2.14. The van der Waals surface area contributed by atoms with Crippen molar-refractivity contribution >= 4 is 18.3 Å². The van der Waals surface area contributed by atoms with Crippen LogP contribution in [0.3, 0.4) is 0 Å². The van der Waals surface area contributed by atoms with E-state index in [1.807, 2.05) is 30.3 Å². The quantitative estimate of drug-likeness (QED) is 0.712. The maximum Gasteiger partial charge on any atom is 0.0573 e. The molecule has 0 saturated carbocycles. The van der Waals surface area contributed by atoms with E-state index in [4.69, 9.17) is 11.6 Å². The minimum absolute atomic E-state index is 0.216. The Balaban J connectivity index is 2.01. The van der Waals surface area contributed by atoms with E-state index in [0.717, 1.165) is 17.9 Å². The lowest BCUT2D eigenvalue weighted by Gasteiger charge is -2.12. The normalized spacial score (nSPS) is 12.1. The van der Waals surface area contributed by atoms with Gasteiger partial charge < -0.3 is 0 Å². The Hall–Kier alpha value is -1.60. The third-order valence-corrected chi connectivity index (χ3v) is 3.21. The molecule has 0 amide bonds. The molecule has 0 bridgehead atoms. The molecular formula is C16H16ClN. The Morgan fingerprint density at radius 2 is 1.44 bits per heavy atom. The molecule has 0 radical (unpaired) electrons. The summed E-state index contributed by atoms with van der Waals surface area (Å²) in [6.07, 6.45) is 1.82. The molecule has 2 aromatic rings. The van der Waals surface area contributed by atoms with Gasteiger partial charge in [-0.05, 0) is 42.8 Å². The first kappa shape index (κ1) is 12.8. The lowest BCUT2D eigenvalue weighted by molar-refractivity contribution is 0.672. The minimum atomic E-state index is 0.216. The van der Waals surface area contributed by atoms with Crippen LogP contribution < -0.4 is 0 Å². The number of rotatable bonds is 5. The predicted octanol–water partition coefficient (Wildman–Crippen LogP) is 4.19. The number of halogens is 1. The van der Waals surface area contributed by atoms with Gasteiger partial charge in [-0.25, -0.2) is 0 Å². The van der Waals surface area contributed by atoms with Crippen LogP contribution >= 0.6 is 11.6 Å². The fraction of sp³-hybridized carbons (Fsp3) is 0.188. The van der Waals surface area contributed by atoms with Crippen molar-refractivity contribution in [2.24, 2.45) is 4.99 Å². The molecule has 1 atom stereocenters. The van der Waals surface area contributed by atoms with Gasteiger partial charge in [0.05, 0.1) is 6.04 Å². The number of nitrogens with zero attached hydrogens (tertiary/aromatic N) is 1. The van der Waals surface area contributed by atoms with Gasteiger partial charge >= 0.3 is 0 Å². The summed E-state index contributed by atoms with van der Waals surface area (Å²) < 4.78 is 0. The van der Waals surface area contributed by atoms with E-state index in [1.54, 1.807) is 0 Å². The zero-order chi connectivity index (χ0) is 12.8. The summed E-state index contributed by atoms with van der Waals surface area (Å²) in [6, 6.07) is 18.5. The summed E-state index contributed by atoms with van der Waals surface area (Å²) in [6.45, 7) is 3.69. The van der Waals surface area contributed by atoms with Crippen LogP contribution in [0, 0.1) is 0 Å². The molecule has 0 aromatic heterocycles. The molecule has 0 aliphatic carbocycles. The topological polar surface area (TPSA) is 12.4 Å². The maximum atomic E-state index is 5.88. The number of hydrogen-bond donors (Lipinski definition) is 0. The zero-order valence-corrected chi connectivity index (χ0v) is 11.0. The Bertz CT molecular complexity index is 490. The maximum absolute atomic E-state index is 5.88. The lowest BCUT2D eigenvalue weighted by Crippen LogP contribution is -2.11. The SMILES string of the molecule is C=NC(Cc1ccccc1)Cc1ccc(Cl)cc1. The summed E-state index contributed by atoms with van der Waals surface area (Å²) in [5, 5.41) is 0.768. The summed E-state index contributed by atoms with van der Waals surface area (Å²) in [5.41, 5.74) is 2.54. The fourth-order valence-corrected chi connectivity index (χ4v) is 2.11.